The molecule has 5 heteroatoms. The van der Waals surface area contributed by atoms with E-state index in [9.17, 15) is 4.79 Å². The standard InChI is InChI=1S/C26H33N3OS/c1-4-17-29-25(22-14-9-6-10-15-22)24(21-12-7-5-8-13-21)28-26(29)31-18-11-16-27-23(30)19-20(2)3/h5-10,12-15,20H,4,11,16-19H2,1-3H3,(H,27,30). The lowest BCUT2D eigenvalue weighted by atomic mass is 10.0. The van der Waals surface area contributed by atoms with E-state index in [0.717, 1.165) is 41.6 Å². The summed E-state index contributed by atoms with van der Waals surface area (Å²) in [6.07, 6.45) is 2.56. The van der Waals surface area contributed by atoms with Crippen molar-refractivity contribution in [2.75, 3.05) is 12.3 Å². The van der Waals surface area contributed by atoms with Gasteiger partial charge in [0.1, 0.15) is 0 Å². The average Bonchev–Trinajstić information content (AvgIpc) is 3.13. The van der Waals surface area contributed by atoms with E-state index in [1.165, 1.54) is 11.3 Å². The number of benzene rings is 2. The minimum Gasteiger partial charge on any atom is -0.356 e. The van der Waals surface area contributed by atoms with E-state index in [1.807, 2.05) is 6.07 Å². The van der Waals surface area contributed by atoms with E-state index in [0.29, 0.717) is 18.9 Å². The molecule has 4 nitrogen and oxygen atoms in total. The number of carbonyl (C=O) groups excluding carboxylic acids is 1. The molecule has 0 spiro atoms. The molecule has 0 saturated heterocycles. The van der Waals surface area contributed by atoms with Crippen molar-refractivity contribution in [2.24, 2.45) is 5.92 Å². The van der Waals surface area contributed by atoms with Gasteiger partial charge in [0.15, 0.2) is 5.16 Å². The minimum absolute atomic E-state index is 0.144. The lowest BCUT2D eigenvalue weighted by Crippen LogP contribution is -2.25. The highest BCUT2D eigenvalue weighted by atomic mass is 32.2. The molecule has 1 aromatic heterocycles. The van der Waals surface area contributed by atoms with E-state index in [-0.39, 0.29) is 5.91 Å². The van der Waals surface area contributed by atoms with Crippen LogP contribution in [0.15, 0.2) is 65.8 Å². The molecule has 3 aromatic rings. The first kappa shape index (κ1) is 23.1. The summed E-state index contributed by atoms with van der Waals surface area (Å²) in [5.41, 5.74) is 4.54. The molecule has 1 amide bonds. The van der Waals surface area contributed by atoms with Gasteiger partial charge in [0.2, 0.25) is 5.91 Å². The van der Waals surface area contributed by atoms with E-state index in [2.05, 4.69) is 85.3 Å². The summed E-state index contributed by atoms with van der Waals surface area (Å²) in [6, 6.07) is 21.0. The molecule has 0 unspecified atom stereocenters. The van der Waals surface area contributed by atoms with E-state index < -0.39 is 0 Å². The molecule has 1 heterocycles. The molecule has 164 valence electrons. The number of amides is 1. The Morgan fingerprint density at radius 3 is 2.29 bits per heavy atom. The van der Waals surface area contributed by atoms with Crippen molar-refractivity contribution in [2.45, 2.75) is 51.7 Å². The molecule has 3 rings (SSSR count). The van der Waals surface area contributed by atoms with Crippen LogP contribution in [0.4, 0.5) is 0 Å². The molecule has 31 heavy (non-hydrogen) atoms. The maximum absolute atomic E-state index is 11.9. The predicted molar refractivity (Wildman–Crippen MR) is 131 cm³/mol. The molecule has 0 fully saturated rings. The van der Waals surface area contributed by atoms with Gasteiger partial charge in [0.05, 0.1) is 11.4 Å². The van der Waals surface area contributed by atoms with E-state index in [4.69, 9.17) is 4.98 Å². The van der Waals surface area contributed by atoms with Crippen LogP contribution in [-0.2, 0) is 11.3 Å². The van der Waals surface area contributed by atoms with Crippen LogP contribution in [0.3, 0.4) is 0 Å². The maximum Gasteiger partial charge on any atom is 0.220 e. The summed E-state index contributed by atoms with van der Waals surface area (Å²) in [5.74, 6) is 1.46. The zero-order valence-electron chi connectivity index (χ0n) is 18.8. The van der Waals surface area contributed by atoms with Gasteiger partial charge in [-0.3, -0.25) is 4.79 Å². The zero-order chi connectivity index (χ0) is 22.1. The number of hydrogen-bond donors (Lipinski definition) is 1. The Bertz CT molecular complexity index is 952. The number of thioether (sulfide) groups is 1. The van der Waals surface area contributed by atoms with E-state index in [1.54, 1.807) is 11.8 Å². The summed E-state index contributed by atoms with van der Waals surface area (Å²) in [4.78, 5) is 16.9. The van der Waals surface area contributed by atoms with Gasteiger partial charge < -0.3 is 9.88 Å². The van der Waals surface area contributed by atoms with Crippen LogP contribution in [0.2, 0.25) is 0 Å². The van der Waals surface area contributed by atoms with Crippen LogP contribution in [0, 0.1) is 5.92 Å². The highest BCUT2D eigenvalue weighted by Gasteiger charge is 2.19. The molecule has 0 bridgehead atoms. The van der Waals surface area contributed by atoms with Crippen molar-refractivity contribution in [1.82, 2.24) is 14.9 Å². The number of imidazole rings is 1. The van der Waals surface area contributed by atoms with Gasteiger partial charge in [-0.05, 0) is 18.8 Å². The lowest BCUT2D eigenvalue weighted by Gasteiger charge is -2.12. The summed E-state index contributed by atoms with van der Waals surface area (Å²) in [5, 5.41) is 4.08. The first-order chi connectivity index (χ1) is 15.1. The van der Waals surface area contributed by atoms with Crippen LogP contribution in [0.1, 0.15) is 40.0 Å². The Morgan fingerprint density at radius 1 is 1.03 bits per heavy atom. The van der Waals surface area contributed by atoms with Crippen molar-refractivity contribution in [3.8, 4) is 22.5 Å². The molecule has 0 saturated carbocycles. The van der Waals surface area contributed by atoms with Crippen molar-refractivity contribution >= 4 is 17.7 Å². The largest absolute Gasteiger partial charge is 0.356 e. The second kappa shape index (κ2) is 11.8. The summed E-state index contributed by atoms with van der Waals surface area (Å²) >= 11 is 1.78. The van der Waals surface area contributed by atoms with Crippen LogP contribution < -0.4 is 5.32 Å². The highest BCUT2D eigenvalue weighted by Crippen LogP contribution is 2.36. The van der Waals surface area contributed by atoms with Crippen molar-refractivity contribution < 1.29 is 4.79 Å². The third-order valence-electron chi connectivity index (χ3n) is 4.94. The topological polar surface area (TPSA) is 46.9 Å². The van der Waals surface area contributed by atoms with Gasteiger partial charge in [-0.1, -0.05) is 93.2 Å². The Morgan fingerprint density at radius 2 is 1.68 bits per heavy atom. The molecule has 1 N–H and O–H groups in total. The number of aromatic nitrogens is 2. The monoisotopic (exact) mass is 435 g/mol. The molecule has 0 aliphatic carbocycles. The number of nitrogens with one attached hydrogen (secondary N) is 1. The second-order valence-corrected chi connectivity index (χ2v) is 9.19. The number of rotatable bonds is 11. The number of nitrogens with zero attached hydrogens (tertiary/aromatic N) is 2. The first-order valence-electron chi connectivity index (χ1n) is 11.2. The maximum atomic E-state index is 11.9. The SMILES string of the molecule is CCCn1c(SCCCNC(=O)CC(C)C)nc(-c2ccccc2)c1-c1ccccc1. The van der Waals surface area contributed by atoms with Crippen molar-refractivity contribution in [1.29, 1.82) is 0 Å². The Hall–Kier alpha value is -2.53. The fourth-order valence-corrected chi connectivity index (χ4v) is 4.53. The number of carbonyl (C=O) groups is 1. The third kappa shape index (κ3) is 6.47. The zero-order valence-corrected chi connectivity index (χ0v) is 19.6. The van der Waals surface area contributed by atoms with Crippen molar-refractivity contribution in [3.63, 3.8) is 0 Å². The third-order valence-corrected chi connectivity index (χ3v) is 6.00. The first-order valence-corrected chi connectivity index (χ1v) is 12.2. The van der Waals surface area contributed by atoms with Crippen molar-refractivity contribution in [3.05, 3.63) is 60.7 Å². The smallest absolute Gasteiger partial charge is 0.220 e. The predicted octanol–water partition coefficient (Wildman–Crippen LogP) is 6.27. The van der Waals surface area contributed by atoms with Gasteiger partial charge in [-0.15, -0.1) is 0 Å². The normalized spacial score (nSPS) is 11.1. The van der Waals surface area contributed by atoms with Crippen LogP contribution in [0.5, 0.6) is 0 Å². The fourth-order valence-electron chi connectivity index (χ4n) is 3.57. The second-order valence-electron chi connectivity index (χ2n) is 8.13. The molecular formula is C26H33N3OS. The molecule has 2 aromatic carbocycles. The molecular weight excluding hydrogens is 402 g/mol. The van der Waals surface area contributed by atoms with Crippen LogP contribution in [0.25, 0.3) is 22.5 Å². The molecule has 0 radical (unpaired) electrons. The van der Waals surface area contributed by atoms with Crippen LogP contribution >= 0.6 is 11.8 Å². The van der Waals surface area contributed by atoms with Gasteiger partial charge >= 0.3 is 0 Å². The number of hydrogen-bond acceptors (Lipinski definition) is 3. The summed E-state index contributed by atoms with van der Waals surface area (Å²) < 4.78 is 2.36. The van der Waals surface area contributed by atoms with Crippen LogP contribution in [-0.4, -0.2) is 27.8 Å². The fraction of sp³-hybridized carbons (Fsp3) is 0.385. The van der Waals surface area contributed by atoms with Gasteiger partial charge in [0.25, 0.3) is 0 Å². The minimum atomic E-state index is 0.144. The van der Waals surface area contributed by atoms with Gasteiger partial charge in [-0.25, -0.2) is 4.98 Å². The lowest BCUT2D eigenvalue weighted by molar-refractivity contribution is -0.121. The quantitative estimate of drug-likeness (QED) is 0.285. The van der Waals surface area contributed by atoms with E-state index >= 15 is 0 Å². The summed E-state index contributed by atoms with van der Waals surface area (Å²) in [7, 11) is 0. The van der Waals surface area contributed by atoms with Gasteiger partial charge in [0, 0.05) is 36.4 Å². The Kier molecular flexibility index (Phi) is 8.77. The Balaban J connectivity index is 1.80. The molecule has 0 aliphatic heterocycles. The Labute approximate surface area is 190 Å². The molecule has 0 aliphatic rings. The summed E-state index contributed by atoms with van der Waals surface area (Å²) in [6.45, 7) is 7.98. The molecule has 0 atom stereocenters. The van der Waals surface area contributed by atoms with Gasteiger partial charge in [-0.2, -0.15) is 0 Å². The average molecular weight is 436 g/mol. The highest BCUT2D eigenvalue weighted by molar-refractivity contribution is 7.99.